The van der Waals surface area contributed by atoms with Crippen molar-refractivity contribution in [2.45, 2.75) is 6.92 Å². The molecule has 3 rings (SSSR count). The van der Waals surface area contributed by atoms with Crippen molar-refractivity contribution in [1.82, 2.24) is 0 Å². The zero-order chi connectivity index (χ0) is 18.7. The number of rotatable bonds is 5. The van der Waals surface area contributed by atoms with Crippen molar-refractivity contribution >= 4 is 28.8 Å². The topological polar surface area (TPSA) is 67.9 Å². The Morgan fingerprint density at radius 1 is 1.19 bits per heavy atom. The molecular formula is C19H21ClN3O3+. The average molecular weight is 375 g/mol. The average Bonchev–Trinajstić information content (AvgIpc) is 2.67. The van der Waals surface area contributed by atoms with Crippen LogP contribution >= 0.6 is 11.6 Å². The van der Waals surface area contributed by atoms with Crippen molar-refractivity contribution in [3.63, 3.8) is 0 Å². The van der Waals surface area contributed by atoms with Crippen molar-refractivity contribution in [1.29, 1.82) is 0 Å². The fourth-order valence-corrected chi connectivity index (χ4v) is 3.40. The number of anilines is 1. The van der Waals surface area contributed by atoms with Crippen LogP contribution < -0.4 is 9.80 Å². The molecule has 1 heterocycles. The maximum atomic E-state index is 13.0. The molecule has 136 valence electrons. The highest BCUT2D eigenvalue weighted by molar-refractivity contribution is 6.30. The highest BCUT2D eigenvalue weighted by atomic mass is 35.5. The fourth-order valence-electron chi connectivity index (χ4n) is 3.27. The molecule has 1 N–H and O–H groups in total. The summed E-state index contributed by atoms with van der Waals surface area (Å²) in [7, 11) is 0. The van der Waals surface area contributed by atoms with Crippen molar-refractivity contribution in [3.05, 3.63) is 68.7 Å². The molecule has 1 aliphatic rings. The second-order valence-electron chi connectivity index (χ2n) is 6.39. The SMILES string of the molecule is CC[NH+]1CCN(c2ccc([N+](=O)[O-])cc2C(=O)c2ccc(Cl)cc2)CC1. The zero-order valence-corrected chi connectivity index (χ0v) is 15.3. The molecule has 26 heavy (non-hydrogen) atoms. The Balaban J connectivity index is 1.98. The minimum atomic E-state index is -0.471. The van der Waals surface area contributed by atoms with Gasteiger partial charge in [-0.1, -0.05) is 11.6 Å². The number of nitrogens with zero attached hydrogens (tertiary/aromatic N) is 2. The third-order valence-electron chi connectivity index (χ3n) is 4.85. The first-order valence-electron chi connectivity index (χ1n) is 8.67. The summed E-state index contributed by atoms with van der Waals surface area (Å²) in [6.07, 6.45) is 0. The predicted octanol–water partition coefficient (Wildman–Crippen LogP) is 2.20. The smallest absolute Gasteiger partial charge is 0.270 e. The Morgan fingerprint density at radius 2 is 1.85 bits per heavy atom. The predicted molar refractivity (Wildman–Crippen MR) is 101 cm³/mol. The standard InChI is InChI=1S/C19H20ClN3O3/c1-2-21-9-11-22(12-10-21)18-8-7-16(23(25)26)13-17(18)19(24)14-3-5-15(20)6-4-14/h3-8,13H,2,9-12H2,1H3/p+1. The van der Waals surface area contributed by atoms with E-state index in [0.717, 1.165) is 38.4 Å². The summed E-state index contributed by atoms with van der Waals surface area (Å²) in [5, 5.41) is 11.7. The number of ketones is 1. The van der Waals surface area contributed by atoms with Gasteiger partial charge in [0, 0.05) is 28.4 Å². The molecule has 0 spiro atoms. The van der Waals surface area contributed by atoms with Gasteiger partial charge in [0.25, 0.3) is 5.69 Å². The third-order valence-corrected chi connectivity index (χ3v) is 5.11. The van der Waals surface area contributed by atoms with Gasteiger partial charge in [-0.25, -0.2) is 0 Å². The van der Waals surface area contributed by atoms with E-state index in [2.05, 4.69) is 11.8 Å². The summed E-state index contributed by atoms with van der Waals surface area (Å²) in [4.78, 5) is 27.4. The van der Waals surface area contributed by atoms with Gasteiger partial charge in [-0.3, -0.25) is 14.9 Å². The molecule has 0 saturated carbocycles. The summed E-state index contributed by atoms with van der Waals surface area (Å²) in [6.45, 7) is 6.85. The quantitative estimate of drug-likeness (QED) is 0.495. The first-order chi connectivity index (χ1) is 12.5. The number of piperazine rings is 1. The van der Waals surface area contributed by atoms with E-state index < -0.39 is 4.92 Å². The second-order valence-corrected chi connectivity index (χ2v) is 6.82. The van der Waals surface area contributed by atoms with Crippen LogP contribution in [0.2, 0.25) is 5.02 Å². The van der Waals surface area contributed by atoms with E-state index in [0.29, 0.717) is 16.1 Å². The largest absolute Gasteiger partial charge is 0.360 e. The second kappa shape index (κ2) is 7.85. The van der Waals surface area contributed by atoms with Gasteiger partial charge in [0.15, 0.2) is 5.78 Å². The number of non-ortho nitro benzene ring substituents is 1. The number of hydrogen-bond donors (Lipinski definition) is 1. The van der Waals surface area contributed by atoms with Gasteiger partial charge in [0.2, 0.25) is 0 Å². The van der Waals surface area contributed by atoms with Crippen LogP contribution in [0.3, 0.4) is 0 Å². The van der Waals surface area contributed by atoms with Crippen molar-refractivity contribution < 1.29 is 14.6 Å². The molecule has 0 radical (unpaired) electrons. The lowest BCUT2D eigenvalue weighted by Gasteiger charge is -2.34. The van der Waals surface area contributed by atoms with Gasteiger partial charge < -0.3 is 9.80 Å². The number of hydrogen-bond acceptors (Lipinski definition) is 4. The molecule has 2 aromatic carbocycles. The number of nitrogens with one attached hydrogen (secondary N) is 1. The lowest BCUT2D eigenvalue weighted by Crippen LogP contribution is -3.14. The molecule has 1 fully saturated rings. The molecule has 0 aliphatic carbocycles. The van der Waals surface area contributed by atoms with Crippen molar-refractivity contribution in [3.8, 4) is 0 Å². The van der Waals surface area contributed by atoms with Crippen LogP contribution in [0.15, 0.2) is 42.5 Å². The number of likely N-dealkylation sites (N-methyl/N-ethyl adjacent to an activating group) is 1. The molecule has 0 bridgehead atoms. The fraction of sp³-hybridized carbons (Fsp3) is 0.316. The summed E-state index contributed by atoms with van der Waals surface area (Å²) in [6, 6.07) is 11.1. The van der Waals surface area contributed by atoms with Crippen LogP contribution in [-0.4, -0.2) is 43.4 Å². The summed E-state index contributed by atoms with van der Waals surface area (Å²) >= 11 is 5.90. The Kier molecular flexibility index (Phi) is 5.54. The Bertz CT molecular complexity index is 815. The van der Waals surface area contributed by atoms with E-state index >= 15 is 0 Å². The number of halogens is 1. The van der Waals surface area contributed by atoms with Crippen LogP contribution in [0.1, 0.15) is 22.8 Å². The molecule has 6 nitrogen and oxygen atoms in total. The molecule has 7 heteroatoms. The van der Waals surface area contributed by atoms with Crippen LogP contribution in [0, 0.1) is 10.1 Å². The monoisotopic (exact) mass is 374 g/mol. The molecule has 0 unspecified atom stereocenters. The summed E-state index contributed by atoms with van der Waals surface area (Å²) in [5.74, 6) is -0.231. The van der Waals surface area contributed by atoms with Gasteiger partial charge in [0.1, 0.15) is 0 Å². The van der Waals surface area contributed by atoms with Crippen LogP contribution in [0.25, 0.3) is 0 Å². The molecule has 0 amide bonds. The highest BCUT2D eigenvalue weighted by Crippen LogP contribution is 2.28. The minimum absolute atomic E-state index is 0.0797. The lowest BCUT2D eigenvalue weighted by molar-refractivity contribution is -0.898. The van der Waals surface area contributed by atoms with E-state index in [9.17, 15) is 14.9 Å². The summed E-state index contributed by atoms with van der Waals surface area (Å²) < 4.78 is 0. The van der Waals surface area contributed by atoms with Gasteiger partial charge in [-0.15, -0.1) is 0 Å². The van der Waals surface area contributed by atoms with E-state index in [1.54, 1.807) is 30.3 Å². The Hall–Kier alpha value is -2.44. The van der Waals surface area contributed by atoms with Gasteiger partial charge in [-0.2, -0.15) is 0 Å². The van der Waals surface area contributed by atoms with E-state index in [1.165, 1.54) is 17.0 Å². The van der Waals surface area contributed by atoms with Crippen LogP contribution in [0.5, 0.6) is 0 Å². The molecule has 1 aliphatic heterocycles. The molecule has 0 atom stereocenters. The number of nitro groups is 1. The number of carbonyl (C=O) groups is 1. The maximum absolute atomic E-state index is 13.0. The van der Waals surface area contributed by atoms with Crippen LogP contribution in [0.4, 0.5) is 11.4 Å². The number of benzene rings is 2. The van der Waals surface area contributed by atoms with E-state index in [4.69, 9.17) is 11.6 Å². The minimum Gasteiger partial charge on any atom is -0.360 e. The summed E-state index contributed by atoms with van der Waals surface area (Å²) in [5.41, 5.74) is 1.50. The normalized spacial score (nSPS) is 15.1. The molecule has 2 aromatic rings. The molecule has 0 aromatic heterocycles. The number of carbonyl (C=O) groups excluding carboxylic acids is 1. The number of nitro benzene ring substituents is 1. The highest BCUT2D eigenvalue weighted by Gasteiger charge is 2.25. The lowest BCUT2D eigenvalue weighted by atomic mass is 10.00. The molecule has 1 saturated heterocycles. The first-order valence-corrected chi connectivity index (χ1v) is 9.04. The van der Waals surface area contributed by atoms with E-state index in [1.807, 2.05) is 0 Å². The van der Waals surface area contributed by atoms with Crippen molar-refractivity contribution in [2.75, 3.05) is 37.6 Å². The third kappa shape index (κ3) is 3.86. The first kappa shape index (κ1) is 18.4. The number of quaternary nitrogens is 1. The van der Waals surface area contributed by atoms with Crippen molar-refractivity contribution in [2.24, 2.45) is 0 Å². The van der Waals surface area contributed by atoms with Gasteiger partial charge >= 0.3 is 0 Å². The Morgan fingerprint density at radius 3 is 2.42 bits per heavy atom. The maximum Gasteiger partial charge on any atom is 0.270 e. The van der Waals surface area contributed by atoms with E-state index in [-0.39, 0.29) is 11.5 Å². The van der Waals surface area contributed by atoms with Gasteiger partial charge in [-0.05, 0) is 37.3 Å². The van der Waals surface area contributed by atoms with Crippen LogP contribution in [-0.2, 0) is 0 Å². The Labute approximate surface area is 157 Å². The zero-order valence-electron chi connectivity index (χ0n) is 14.6. The van der Waals surface area contributed by atoms with Gasteiger partial charge in [0.05, 0.1) is 43.2 Å². The molecular weight excluding hydrogens is 354 g/mol.